The lowest BCUT2D eigenvalue weighted by molar-refractivity contribution is 0.167. The van der Waals surface area contributed by atoms with Gasteiger partial charge in [-0.2, -0.15) is 0 Å². The van der Waals surface area contributed by atoms with Gasteiger partial charge in [-0.3, -0.25) is 4.90 Å². The fourth-order valence-corrected chi connectivity index (χ4v) is 2.59. The lowest BCUT2D eigenvalue weighted by Crippen LogP contribution is -2.48. The van der Waals surface area contributed by atoms with Crippen molar-refractivity contribution in [2.45, 2.75) is 25.4 Å². The summed E-state index contributed by atoms with van der Waals surface area (Å²) in [5.74, 6) is 0. The van der Waals surface area contributed by atoms with Crippen LogP contribution in [0.4, 0.5) is 0 Å². The van der Waals surface area contributed by atoms with Crippen molar-refractivity contribution in [3.8, 4) is 0 Å². The zero-order chi connectivity index (χ0) is 12.1. The first-order valence-electron chi connectivity index (χ1n) is 6.56. The molecule has 1 fully saturated rings. The molecule has 2 unspecified atom stereocenters. The molecule has 1 aromatic heterocycles. The summed E-state index contributed by atoms with van der Waals surface area (Å²) >= 11 is 0. The molecule has 0 saturated carbocycles. The maximum absolute atomic E-state index is 3.41. The number of hydrogen-bond donors (Lipinski definition) is 3. The molecule has 0 amide bonds. The van der Waals surface area contributed by atoms with Crippen molar-refractivity contribution in [1.29, 1.82) is 0 Å². The zero-order valence-electron chi connectivity index (χ0n) is 10.9. The van der Waals surface area contributed by atoms with Gasteiger partial charge in [0.05, 0.1) is 0 Å². The fraction of sp³-hybridized carbons (Fsp3) is 0.692. The molecule has 3 N–H and O–H groups in total. The molecular formula is C13H24N4. The minimum atomic E-state index is 0.450. The summed E-state index contributed by atoms with van der Waals surface area (Å²) in [6.07, 6.45) is 5.25. The Morgan fingerprint density at radius 2 is 2.18 bits per heavy atom. The number of nitrogens with zero attached hydrogens (tertiary/aromatic N) is 1. The van der Waals surface area contributed by atoms with Gasteiger partial charge in [0, 0.05) is 50.7 Å². The molecule has 2 heterocycles. The van der Waals surface area contributed by atoms with Crippen molar-refractivity contribution in [2.24, 2.45) is 0 Å². The van der Waals surface area contributed by atoms with E-state index < -0.39 is 0 Å². The number of H-pyrrole nitrogens is 1. The molecule has 1 aliphatic heterocycles. The molecule has 0 aliphatic carbocycles. The molecule has 0 aromatic carbocycles. The Kier molecular flexibility index (Phi) is 4.59. The van der Waals surface area contributed by atoms with Crippen LogP contribution in [0.15, 0.2) is 18.5 Å². The van der Waals surface area contributed by atoms with E-state index in [-0.39, 0.29) is 0 Å². The van der Waals surface area contributed by atoms with Crippen molar-refractivity contribution >= 4 is 0 Å². The second-order valence-electron chi connectivity index (χ2n) is 4.86. The van der Waals surface area contributed by atoms with Gasteiger partial charge in [-0.1, -0.05) is 0 Å². The van der Waals surface area contributed by atoms with Gasteiger partial charge in [0.25, 0.3) is 0 Å². The Labute approximate surface area is 104 Å². The normalized spacial score (nSPS) is 21.3. The average Bonchev–Trinajstić information content (AvgIpc) is 2.90. The summed E-state index contributed by atoms with van der Waals surface area (Å²) in [6.45, 7) is 6.93. The van der Waals surface area contributed by atoms with E-state index in [0.717, 1.165) is 19.5 Å². The summed E-state index contributed by atoms with van der Waals surface area (Å²) in [5.41, 5.74) is 1.36. The average molecular weight is 236 g/mol. The minimum Gasteiger partial charge on any atom is -0.367 e. The summed E-state index contributed by atoms with van der Waals surface area (Å²) < 4.78 is 0. The largest absolute Gasteiger partial charge is 0.367 e. The second kappa shape index (κ2) is 6.19. The number of nitrogens with one attached hydrogen (secondary N) is 3. The molecule has 4 heteroatoms. The molecule has 1 aliphatic rings. The number of piperazine rings is 1. The third kappa shape index (κ3) is 3.31. The Bertz CT molecular complexity index is 303. The van der Waals surface area contributed by atoms with Crippen molar-refractivity contribution in [1.82, 2.24) is 20.5 Å². The van der Waals surface area contributed by atoms with Crippen LogP contribution in [0.5, 0.6) is 0 Å². The highest BCUT2D eigenvalue weighted by Gasteiger charge is 2.20. The SMILES string of the molecule is CNC(CC(C)N1CCNCC1)c1cc[nH]c1. The number of hydrogen-bond acceptors (Lipinski definition) is 3. The predicted molar refractivity (Wildman–Crippen MR) is 71.1 cm³/mol. The first kappa shape index (κ1) is 12.6. The minimum absolute atomic E-state index is 0.450. The van der Waals surface area contributed by atoms with Crippen LogP contribution >= 0.6 is 0 Å². The quantitative estimate of drug-likeness (QED) is 0.713. The fourth-order valence-electron chi connectivity index (χ4n) is 2.59. The highest BCUT2D eigenvalue weighted by molar-refractivity contribution is 5.14. The topological polar surface area (TPSA) is 43.1 Å². The molecule has 17 heavy (non-hydrogen) atoms. The van der Waals surface area contributed by atoms with E-state index >= 15 is 0 Å². The summed E-state index contributed by atoms with van der Waals surface area (Å²) in [7, 11) is 2.04. The van der Waals surface area contributed by atoms with E-state index in [1.54, 1.807) is 0 Å². The molecule has 0 radical (unpaired) electrons. The van der Waals surface area contributed by atoms with Gasteiger partial charge < -0.3 is 15.6 Å². The van der Waals surface area contributed by atoms with Crippen LogP contribution in [-0.2, 0) is 0 Å². The molecule has 1 aromatic rings. The highest BCUT2D eigenvalue weighted by atomic mass is 15.2. The first-order chi connectivity index (χ1) is 8.31. The smallest absolute Gasteiger partial charge is 0.0347 e. The zero-order valence-corrected chi connectivity index (χ0v) is 10.9. The summed E-state index contributed by atoms with van der Waals surface area (Å²) in [6, 6.07) is 3.24. The molecule has 96 valence electrons. The Morgan fingerprint density at radius 1 is 1.41 bits per heavy atom. The summed E-state index contributed by atoms with van der Waals surface area (Å²) in [4.78, 5) is 5.71. The predicted octanol–water partition coefficient (Wildman–Crippen LogP) is 0.959. The maximum Gasteiger partial charge on any atom is 0.0347 e. The van der Waals surface area contributed by atoms with Crippen LogP contribution in [-0.4, -0.2) is 49.2 Å². The highest BCUT2D eigenvalue weighted by Crippen LogP contribution is 2.20. The van der Waals surface area contributed by atoms with E-state index in [1.165, 1.54) is 18.7 Å². The van der Waals surface area contributed by atoms with Crippen molar-refractivity contribution in [3.63, 3.8) is 0 Å². The Hall–Kier alpha value is -0.840. The molecule has 1 saturated heterocycles. The number of aromatic nitrogens is 1. The van der Waals surface area contributed by atoms with Gasteiger partial charge in [0.1, 0.15) is 0 Å². The standard InChI is InChI=1S/C13H24N4/c1-11(17-7-5-15-6-8-17)9-13(14-2)12-3-4-16-10-12/h3-4,10-11,13-16H,5-9H2,1-2H3. The van der Waals surface area contributed by atoms with Crippen molar-refractivity contribution in [2.75, 3.05) is 33.2 Å². The van der Waals surface area contributed by atoms with Gasteiger partial charge in [0.2, 0.25) is 0 Å². The van der Waals surface area contributed by atoms with Crippen LogP contribution in [0.1, 0.15) is 24.9 Å². The third-order valence-electron chi connectivity index (χ3n) is 3.72. The molecule has 2 atom stereocenters. The Balaban J connectivity index is 1.89. The van der Waals surface area contributed by atoms with Crippen LogP contribution in [0.3, 0.4) is 0 Å². The van der Waals surface area contributed by atoms with Crippen LogP contribution < -0.4 is 10.6 Å². The maximum atomic E-state index is 3.41. The lowest BCUT2D eigenvalue weighted by atomic mass is 10.0. The lowest BCUT2D eigenvalue weighted by Gasteiger charge is -2.34. The van der Waals surface area contributed by atoms with Crippen LogP contribution in [0, 0.1) is 0 Å². The van der Waals surface area contributed by atoms with Crippen molar-refractivity contribution in [3.05, 3.63) is 24.0 Å². The molecule has 0 bridgehead atoms. The van der Waals surface area contributed by atoms with E-state index in [9.17, 15) is 0 Å². The third-order valence-corrected chi connectivity index (χ3v) is 3.72. The monoisotopic (exact) mass is 236 g/mol. The van der Waals surface area contributed by atoms with E-state index in [2.05, 4.69) is 39.7 Å². The molecule has 2 rings (SSSR count). The summed E-state index contributed by atoms with van der Waals surface area (Å²) in [5, 5.41) is 6.81. The molecule has 4 nitrogen and oxygen atoms in total. The second-order valence-corrected chi connectivity index (χ2v) is 4.86. The van der Waals surface area contributed by atoms with Crippen molar-refractivity contribution < 1.29 is 0 Å². The van der Waals surface area contributed by atoms with Gasteiger partial charge in [-0.25, -0.2) is 0 Å². The number of rotatable bonds is 5. The van der Waals surface area contributed by atoms with Gasteiger partial charge in [-0.05, 0) is 32.0 Å². The van der Waals surface area contributed by atoms with Crippen LogP contribution in [0.2, 0.25) is 0 Å². The van der Waals surface area contributed by atoms with Gasteiger partial charge in [0.15, 0.2) is 0 Å². The van der Waals surface area contributed by atoms with Gasteiger partial charge >= 0.3 is 0 Å². The first-order valence-corrected chi connectivity index (χ1v) is 6.56. The Morgan fingerprint density at radius 3 is 2.76 bits per heavy atom. The van der Waals surface area contributed by atoms with E-state index in [4.69, 9.17) is 0 Å². The molecular weight excluding hydrogens is 212 g/mol. The van der Waals surface area contributed by atoms with Gasteiger partial charge in [-0.15, -0.1) is 0 Å². The molecule has 0 spiro atoms. The van der Waals surface area contributed by atoms with E-state index in [0.29, 0.717) is 12.1 Å². The van der Waals surface area contributed by atoms with Crippen LogP contribution in [0.25, 0.3) is 0 Å². The number of aromatic amines is 1. The van der Waals surface area contributed by atoms with E-state index in [1.807, 2.05) is 13.2 Å².